The molecule has 0 atom stereocenters. The van der Waals surface area contributed by atoms with Gasteiger partial charge in [0.1, 0.15) is 5.75 Å². The average molecular weight is 380 g/mol. The number of hydrogen-bond donors (Lipinski definition) is 2. The lowest BCUT2D eigenvalue weighted by Crippen LogP contribution is -2.50. The number of rotatable bonds is 3. The van der Waals surface area contributed by atoms with Gasteiger partial charge in [0.25, 0.3) is 0 Å². The highest BCUT2D eigenvalue weighted by atomic mass is 16.3. The molecule has 2 N–H and O–H groups in total. The van der Waals surface area contributed by atoms with Crippen LogP contribution in [0.1, 0.15) is 19.3 Å². The number of anilines is 3. The minimum atomic E-state index is -0.0326. The van der Waals surface area contributed by atoms with Crippen molar-refractivity contribution in [2.45, 2.75) is 19.3 Å². The first-order valence-corrected chi connectivity index (χ1v) is 10.1. The fourth-order valence-corrected chi connectivity index (χ4v) is 4.02. The predicted molar refractivity (Wildman–Crippen MR) is 113 cm³/mol. The number of carbonyl (C=O) groups excluding carboxylic acids is 1. The number of phenols is 1. The van der Waals surface area contributed by atoms with Crippen LogP contribution in [-0.4, -0.2) is 55.3 Å². The summed E-state index contributed by atoms with van der Waals surface area (Å²) in [6.45, 7) is 5.03. The van der Waals surface area contributed by atoms with Gasteiger partial charge in [-0.25, -0.2) is 4.79 Å². The molecule has 2 aromatic carbocycles. The largest absolute Gasteiger partial charge is 0.508 e. The van der Waals surface area contributed by atoms with E-state index in [-0.39, 0.29) is 11.8 Å². The van der Waals surface area contributed by atoms with E-state index in [1.807, 2.05) is 35.2 Å². The van der Waals surface area contributed by atoms with Crippen LogP contribution in [0, 0.1) is 0 Å². The van der Waals surface area contributed by atoms with Crippen molar-refractivity contribution >= 4 is 23.1 Å². The van der Waals surface area contributed by atoms with Gasteiger partial charge in [0.15, 0.2) is 0 Å². The molecule has 2 fully saturated rings. The second kappa shape index (κ2) is 8.42. The Hall–Kier alpha value is -2.89. The Morgan fingerprint density at radius 1 is 0.786 bits per heavy atom. The molecule has 2 saturated heterocycles. The number of amides is 2. The van der Waals surface area contributed by atoms with Crippen LogP contribution in [0.4, 0.5) is 21.9 Å². The Bertz CT molecular complexity index is 794. The number of para-hydroxylation sites is 2. The third-order valence-electron chi connectivity index (χ3n) is 5.62. The molecule has 0 spiro atoms. The van der Waals surface area contributed by atoms with E-state index >= 15 is 0 Å². The van der Waals surface area contributed by atoms with Crippen molar-refractivity contribution in [3.8, 4) is 5.75 Å². The van der Waals surface area contributed by atoms with Crippen LogP contribution in [0.5, 0.6) is 5.75 Å². The van der Waals surface area contributed by atoms with Crippen molar-refractivity contribution in [2.75, 3.05) is 54.4 Å². The number of benzene rings is 2. The van der Waals surface area contributed by atoms with Gasteiger partial charge in [-0.2, -0.15) is 0 Å². The maximum atomic E-state index is 12.8. The standard InChI is InChI=1S/C22H28N4O2/c27-19-10-8-18(9-11-19)24-14-16-26(17-15-24)22(28)23-20-6-2-3-7-21(20)25-12-4-1-5-13-25/h2-3,6-11,27H,1,4-5,12-17H2,(H,23,28). The molecule has 28 heavy (non-hydrogen) atoms. The Balaban J connectivity index is 1.37. The first-order valence-electron chi connectivity index (χ1n) is 10.1. The molecule has 2 amide bonds. The van der Waals surface area contributed by atoms with Gasteiger partial charge in [-0.15, -0.1) is 0 Å². The summed E-state index contributed by atoms with van der Waals surface area (Å²) in [7, 11) is 0. The van der Waals surface area contributed by atoms with Crippen LogP contribution < -0.4 is 15.1 Å². The molecule has 0 saturated carbocycles. The highest BCUT2D eigenvalue weighted by molar-refractivity contribution is 5.93. The second-order valence-electron chi connectivity index (χ2n) is 7.49. The molecule has 6 nitrogen and oxygen atoms in total. The van der Waals surface area contributed by atoms with Gasteiger partial charge in [0, 0.05) is 45.0 Å². The Morgan fingerprint density at radius 2 is 1.46 bits per heavy atom. The van der Waals surface area contributed by atoms with Crippen LogP contribution in [0.3, 0.4) is 0 Å². The first kappa shape index (κ1) is 18.5. The number of nitrogens with zero attached hydrogens (tertiary/aromatic N) is 3. The Kier molecular flexibility index (Phi) is 5.55. The molecule has 2 aliphatic heterocycles. The average Bonchev–Trinajstić information content (AvgIpc) is 2.75. The van der Waals surface area contributed by atoms with Crippen molar-refractivity contribution in [2.24, 2.45) is 0 Å². The molecule has 0 aromatic heterocycles. The molecule has 0 radical (unpaired) electrons. The maximum Gasteiger partial charge on any atom is 0.322 e. The fraction of sp³-hybridized carbons (Fsp3) is 0.409. The monoisotopic (exact) mass is 380 g/mol. The Morgan fingerprint density at radius 3 is 2.18 bits per heavy atom. The summed E-state index contributed by atoms with van der Waals surface area (Å²) in [5.41, 5.74) is 3.10. The number of piperidine rings is 1. The van der Waals surface area contributed by atoms with Crippen LogP contribution >= 0.6 is 0 Å². The summed E-state index contributed by atoms with van der Waals surface area (Å²) in [6.07, 6.45) is 3.71. The van der Waals surface area contributed by atoms with E-state index in [0.717, 1.165) is 43.2 Å². The number of piperazine rings is 1. The predicted octanol–water partition coefficient (Wildman–Crippen LogP) is 3.74. The van der Waals surface area contributed by atoms with Crippen molar-refractivity contribution < 1.29 is 9.90 Å². The van der Waals surface area contributed by atoms with Gasteiger partial charge in [-0.1, -0.05) is 12.1 Å². The summed E-state index contributed by atoms with van der Waals surface area (Å²) >= 11 is 0. The molecule has 4 rings (SSSR count). The fourth-order valence-electron chi connectivity index (χ4n) is 4.02. The summed E-state index contributed by atoms with van der Waals surface area (Å²) in [5, 5.41) is 12.6. The van der Waals surface area contributed by atoms with E-state index in [9.17, 15) is 9.90 Å². The minimum absolute atomic E-state index is 0.0326. The maximum absolute atomic E-state index is 12.8. The molecule has 2 aromatic rings. The van der Waals surface area contributed by atoms with Crippen LogP contribution in [-0.2, 0) is 0 Å². The topological polar surface area (TPSA) is 59.1 Å². The van der Waals surface area contributed by atoms with Gasteiger partial charge in [-0.3, -0.25) is 0 Å². The second-order valence-corrected chi connectivity index (χ2v) is 7.49. The van der Waals surface area contributed by atoms with Crippen LogP contribution in [0.15, 0.2) is 48.5 Å². The van der Waals surface area contributed by atoms with Crippen molar-refractivity contribution in [1.82, 2.24) is 4.90 Å². The van der Waals surface area contributed by atoms with E-state index in [0.29, 0.717) is 13.1 Å². The lowest BCUT2D eigenvalue weighted by Gasteiger charge is -2.36. The van der Waals surface area contributed by atoms with Gasteiger partial charge < -0.3 is 25.1 Å². The van der Waals surface area contributed by atoms with Crippen molar-refractivity contribution in [3.63, 3.8) is 0 Å². The summed E-state index contributed by atoms with van der Waals surface area (Å²) in [4.78, 5) is 19.3. The minimum Gasteiger partial charge on any atom is -0.508 e. The van der Waals surface area contributed by atoms with Gasteiger partial charge in [0.2, 0.25) is 0 Å². The molecule has 6 heteroatoms. The highest BCUT2D eigenvalue weighted by Gasteiger charge is 2.23. The zero-order valence-corrected chi connectivity index (χ0v) is 16.2. The first-order chi connectivity index (χ1) is 13.7. The Labute approximate surface area is 166 Å². The highest BCUT2D eigenvalue weighted by Crippen LogP contribution is 2.28. The van der Waals surface area contributed by atoms with Crippen LogP contribution in [0.2, 0.25) is 0 Å². The third-order valence-corrected chi connectivity index (χ3v) is 5.62. The summed E-state index contributed by atoms with van der Waals surface area (Å²) < 4.78 is 0. The smallest absolute Gasteiger partial charge is 0.322 e. The molecular weight excluding hydrogens is 352 g/mol. The summed E-state index contributed by atoms with van der Waals surface area (Å²) in [5.74, 6) is 0.272. The van der Waals surface area contributed by atoms with E-state index in [1.54, 1.807) is 12.1 Å². The van der Waals surface area contributed by atoms with Gasteiger partial charge in [-0.05, 0) is 55.7 Å². The van der Waals surface area contributed by atoms with E-state index in [2.05, 4.69) is 21.2 Å². The zero-order valence-electron chi connectivity index (χ0n) is 16.2. The van der Waals surface area contributed by atoms with Crippen molar-refractivity contribution in [3.05, 3.63) is 48.5 Å². The summed E-state index contributed by atoms with van der Waals surface area (Å²) in [6, 6.07) is 15.3. The number of nitrogens with one attached hydrogen (secondary N) is 1. The lowest BCUT2D eigenvalue weighted by molar-refractivity contribution is 0.208. The normalized spacial score (nSPS) is 17.5. The molecule has 0 bridgehead atoms. The van der Waals surface area contributed by atoms with Gasteiger partial charge in [0.05, 0.1) is 11.4 Å². The molecular formula is C22H28N4O2. The zero-order chi connectivity index (χ0) is 19.3. The molecule has 0 unspecified atom stereocenters. The molecule has 148 valence electrons. The van der Waals surface area contributed by atoms with Gasteiger partial charge >= 0.3 is 6.03 Å². The SMILES string of the molecule is O=C(Nc1ccccc1N1CCCCC1)N1CCN(c2ccc(O)cc2)CC1. The lowest BCUT2D eigenvalue weighted by atomic mass is 10.1. The molecule has 0 aliphatic carbocycles. The van der Waals surface area contributed by atoms with E-state index < -0.39 is 0 Å². The number of aromatic hydroxyl groups is 1. The quantitative estimate of drug-likeness (QED) is 0.852. The number of hydrogen-bond acceptors (Lipinski definition) is 4. The molecule has 2 heterocycles. The molecule has 2 aliphatic rings. The van der Waals surface area contributed by atoms with E-state index in [1.165, 1.54) is 19.3 Å². The van der Waals surface area contributed by atoms with Crippen molar-refractivity contribution in [1.29, 1.82) is 0 Å². The number of carbonyl (C=O) groups is 1. The van der Waals surface area contributed by atoms with Crippen LogP contribution in [0.25, 0.3) is 0 Å². The third kappa shape index (κ3) is 4.16. The van der Waals surface area contributed by atoms with E-state index in [4.69, 9.17) is 0 Å². The number of phenolic OH excluding ortho intramolecular Hbond substituents is 1. The number of urea groups is 1.